The van der Waals surface area contributed by atoms with Gasteiger partial charge in [-0.15, -0.1) is 11.3 Å². The van der Waals surface area contributed by atoms with Crippen LogP contribution in [0.5, 0.6) is 11.5 Å². The number of nitrogens with one attached hydrogen (secondary N) is 1. The molecule has 0 spiro atoms. The molecule has 0 aliphatic rings. The Kier molecular flexibility index (Phi) is 5.93. The third-order valence-electron chi connectivity index (χ3n) is 4.05. The first-order valence-corrected chi connectivity index (χ1v) is 9.21. The lowest BCUT2D eigenvalue weighted by atomic mass is 10.0. The minimum absolute atomic E-state index is 0.210. The first kappa shape index (κ1) is 18.7. The molecule has 0 saturated heterocycles. The second kappa shape index (κ2) is 8.55. The molecule has 0 aliphatic heterocycles. The Hall–Kier alpha value is -3.06. The van der Waals surface area contributed by atoms with E-state index in [2.05, 4.69) is 10.3 Å². The van der Waals surface area contributed by atoms with E-state index in [0.29, 0.717) is 17.3 Å². The molecule has 6 nitrogen and oxygen atoms in total. The van der Waals surface area contributed by atoms with Crippen molar-refractivity contribution >= 4 is 23.3 Å². The average molecular weight is 383 g/mol. The van der Waals surface area contributed by atoms with Gasteiger partial charge in [-0.1, -0.05) is 6.07 Å². The standard InChI is InChI=1S/C20H21N3O3S/c1-23-9-8-21-20(23)19(14-11-15(25-2)13-16(12-14)26-3)22-18(24)7-6-17-5-4-10-27-17/h4-13,19H,1-3H3,(H,22,24)/b7-6+. The average Bonchev–Trinajstić information content (AvgIpc) is 3.35. The molecular weight excluding hydrogens is 362 g/mol. The van der Waals surface area contributed by atoms with Crippen molar-refractivity contribution < 1.29 is 14.3 Å². The summed E-state index contributed by atoms with van der Waals surface area (Å²) in [7, 11) is 5.08. The number of carbonyl (C=O) groups is 1. The van der Waals surface area contributed by atoms with Crippen LogP contribution in [0.3, 0.4) is 0 Å². The van der Waals surface area contributed by atoms with Crippen LogP contribution in [-0.2, 0) is 11.8 Å². The summed E-state index contributed by atoms with van der Waals surface area (Å²) in [6.45, 7) is 0. The van der Waals surface area contributed by atoms with Crippen LogP contribution in [0.2, 0.25) is 0 Å². The topological polar surface area (TPSA) is 65.4 Å². The van der Waals surface area contributed by atoms with Crippen LogP contribution in [0, 0.1) is 0 Å². The van der Waals surface area contributed by atoms with Gasteiger partial charge in [0.1, 0.15) is 23.4 Å². The number of methoxy groups -OCH3 is 2. The van der Waals surface area contributed by atoms with Gasteiger partial charge in [-0.3, -0.25) is 4.79 Å². The number of benzene rings is 1. The molecule has 3 rings (SSSR count). The maximum atomic E-state index is 12.5. The van der Waals surface area contributed by atoms with Gasteiger partial charge in [0.2, 0.25) is 5.91 Å². The number of imidazole rings is 1. The summed E-state index contributed by atoms with van der Waals surface area (Å²) in [6, 6.07) is 8.97. The minimum atomic E-state index is -0.450. The zero-order chi connectivity index (χ0) is 19.2. The van der Waals surface area contributed by atoms with Crippen LogP contribution in [0.4, 0.5) is 0 Å². The number of amides is 1. The van der Waals surface area contributed by atoms with Crippen molar-refractivity contribution in [2.75, 3.05) is 14.2 Å². The molecule has 2 aromatic heterocycles. The van der Waals surface area contributed by atoms with Crippen molar-refractivity contribution in [3.63, 3.8) is 0 Å². The predicted octanol–water partition coefficient (Wildman–Crippen LogP) is 3.42. The first-order valence-electron chi connectivity index (χ1n) is 8.33. The summed E-state index contributed by atoms with van der Waals surface area (Å²) >= 11 is 1.57. The van der Waals surface area contributed by atoms with E-state index in [0.717, 1.165) is 10.4 Å². The van der Waals surface area contributed by atoms with Gasteiger partial charge in [0.25, 0.3) is 0 Å². The molecule has 1 aromatic carbocycles. The van der Waals surface area contributed by atoms with Gasteiger partial charge in [0.15, 0.2) is 0 Å². The molecule has 3 aromatic rings. The second-order valence-corrected chi connectivity index (χ2v) is 6.81. The van der Waals surface area contributed by atoms with Crippen molar-refractivity contribution in [2.45, 2.75) is 6.04 Å². The van der Waals surface area contributed by atoms with E-state index >= 15 is 0 Å². The lowest BCUT2D eigenvalue weighted by molar-refractivity contribution is -0.117. The van der Waals surface area contributed by atoms with Gasteiger partial charge >= 0.3 is 0 Å². The molecule has 0 saturated carbocycles. The fourth-order valence-corrected chi connectivity index (χ4v) is 3.30. The van der Waals surface area contributed by atoms with Crippen molar-refractivity contribution in [2.24, 2.45) is 7.05 Å². The zero-order valence-electron chi connectivity index (χ0n) is 15.4. The largest absolute Gasteiger partial charge is 0.497 e. The van der Waals surface area contributed by atoms with E-state index in [9.17, 15) is 4.79 Å². The van der Waals surface area contributed by atoms with E-state index in [1.54, 1.807) is 43.9 Å². The van der Waals surface area contributed by atoms with Crippen LogP contribution in [0.25, 0.3) is 6.08 Å². The van der Waals surface area contributed by atoms with Crippen LogP contribution in [0.15, 0.2) is 54.2 Å². The highest BCUT2D eigenvalue weighted by atomic mass is 32.1. The summed E-state index contributed by atoms with van der Waals surface area (Å²) < 4.78 is 12.6. The zero-order valence-corrected chi connectivity index (χ0v) is 16.2. The Labute approximate surface area is 162 Å². The van der Waals surface area contributed by atoms with Crippen molar-refractivity contribution in [1.29, 1.82) is 0 Å². The van der Waals surface area contributed by atoms with Gasteiger partial charge in [0, 0.05) is 36.5 Å². The van der Waals surface area contributed by atoms with E-state index in [4.69, 9.17) is 9.47 Å². The van der Waals surface area contributed by atoms with Crippen molar-refractivity contribution in [3.05, 3.63) is 70.4 Å². The number of hydrogen-bond acceptors (Lipinski definition) is 5. The fraction of sp³-hybridized carbons (Fsp3) is 0.200. The Morgan fingerprint density at radius 3 is 2.56 bits per heavy atom. The van der Waals surface area contributed by atoms with Gasteiger partial charge < -0.3 is 19.4 Å². The lowest BCUT2D eigenvalue weighted by Gasteiger charge is -2.20. The molecule has 0 bridgehead atoms. The number of aryl methyl sites for hydroxylation is 1. The van der Waals surface area contributed by atoms with E-state index < -0.39 is 6.04 Å². The maximum absolute atomic E-state index is 12.5. The fourth-order valence-electron chi connectivity index (χ4n) is 2.68. The van der Waals surface area contributed by atoms with E-state index in [1.165, 1.54) is 6.08 Å². The summed E-state index contributed by atoms with van der Waals surface area (Å²) in [4.78, 5) is 18.0. The number of thiophene rings is 1. The normalized spacial score (nSPS) is 12.1. The lowest BCUT2D eigenvalue weighted by Crippen LogP contribution is -2.29. The van der Waals surface area contributed by atoms with Crippen LogP contribution < -0.4 is 14.8 Å². The van der Waals surface area contributed by atoms with E-state index in [1.807, 2.05) is 47.5 Å². The van der Waals surface area contributed by atoms with Gasteiger partial charge in [0.05, 0.1) is 14.2 Å². The number of rotatable bonds is 7. The van der Waals surface area contributed by atoms with Crippen molar-refractivity contribution in [1.82, 2.24) is 14.9 Å². The van der Waals surface area contributed by atoms with Crippen LogP contribution >= 0.6 is 11.3 Å². The molecule has 27 heavy (non-hydrogen) atoms. The highest BCUT2D eigenvalue weighted by Crippen LogP contribution is 2.29. The molecule has 1 unspecified atom stereocenters. The third-order valence-corrected chi connectivity index (χ3v) is 4.89. The molecule has 0 aliphatic carbocycles. The summed E-state index contributed by atoms with van der Waals surface area (Å²) in [5, 5.41) is 5.00. The maximum Gasteiger partial charge on any atom is 0.244 e. The predicted molar refractivity (Wildman–Crippen MR) is 106 cm³/mol. The Morgan fingerprint density at radius 1 is 1.26 bits per heavy atom. The molecule has 1 amide bonds. The highest BCUT2D eigenvalue weighted by Gasteiger charge is 2.21. The molecule has 1 atom stereocenters. The number of nitrogens with zero attached hydrogens (tertiary/aromatic N) is 2. The number of carbonyl (C=O) groups excluding carboxylic acids is 1. The SMILES string of the molecule is COc1cc(OC)cc(C(NC(=O)/C=C/c2cccs2)c2nccn2C)c1. The van der Waals surface area contributed by atoms with Crippen LogP contribution in [-0.4, -0.2) is 29.7 Å². The van der Waals surface area contributed by atoms with Crippen molar-refractivity contribution in [3.8, 4) is 11.5 Å². The Balaban J connectivity index is 1.92. The smallest absolute Gasteiger partial charge is 0.244 e. The highest BCUT2D eigenvalue weighted by molar-refractivity contribution is 7.10. The van der Waals surface area contributed by atoms with E-state index in [-0.39, 0.29) is 5.91 Å². The number of ether oxygens (including phenoxy) is 2. The molecule has 1 N–H and O–H groups in total. The third kappa shape index (κ3) is 4.57. The molecular formula is C20H21N3O3S. The minimum Gasteiger partial charge on any atom is -0.497 e. The summed E-state index contributed by atoms with van der Waals surface area (Å²) in [5.41, 5.74) is 0.818. The van der Waals surface area contributed by atoms with Gasteiger partial charge in [-0.05, 0) is 35.2 Å². The molecule has 0 fully saturated rings. The first-order chi connectivity index (χ1) is 13.1. The monoisotopic (exact) mass is 383 g/mol. The quantitative estimate of drug-likeness (QED) is 0.635. The van der Waals surface area contributed by atoms with Gasteiger partial charge in [-0.2, -0.15) is 0 Å². The number of hydrogen-bond donors (Lipinski definition) is 1. The van der Waals surface area contributed by atoms with Crippen LogP contribution in [0.1, 0.15) is 22.3 Å². The second-order valence-electron chi connectivity index (χ2n) is 5.83. The number of aromatic nitrogens is 2. The Morgan fingerprint density at radius 2 is 2.00 bits per heavy atom. The molecule has 0 radical (unpaired) electrons. The Bertz CT molecular complexity index is 910. The molecule has 2 heterocycles. The van der Waals surface area contributed by atoms with Gasteiger partial charge in [-0.25, -0.2) is 4.98 Å². The molecule has 140 valence electrons. The molecule has 7 heteroatoms. The summed E-state index contributed by atoms with van der Waals surface area (Å²) in [5.74, 6) is 1.79. The summed E-state index contributed by atoms with van der Waals surface area (Å²) in [6.07, 6.45) is 6.86.